The minimum absolute atomic E-state index is 0.0932. The van der Waals surface area contributed by atoms with Gasteiger partial charge in [0.2, 0.25) is 0 Å². The molecule has 3 N–H and O–H groups in total. The smallest absolute Gasteiger partial charge is 0.375 e. The largest absolute Gasteiger partial charge is 0.416 e. The zero-order valence-electron chi connectivity index (χ0n) is 8.25. The van der Waals surface area contributed by atoms with Gasteiger partial charge in [0.25, 0.3) is 0 Å². The SMILES string of the molecule is NC(=S)NN=Cc1cc(C(F)(F)F)ccc1Cl. The quantitative estimate of drug-likeness (QED) is 0.497. The molecule has 0 saturated carbocycles. The molecule has 92 valence electrons. The van der Waals surface area contributed by atoms with Crippen LogP contribution in [0.1, 0.15) is 11.1 Å². The van der Waals surface area contributed by atoms with Crippen molar-refractivity contribution in [1.82, 2.24) is 5.43 Å². The Labute approximate surface area is 105 Å². The van der Waals surface area contributed by atoms with E-state index >= 15 is 0 Å². The molecule has 0 aliphatic rings. The Bertz CT molecular complexity index is 459. The lowest BCUT2D eigenvalue weighted by Crippen LogP contribution is -2.24. The van der Waals surface area contributed by atoms with E-state index in [1.54, 1.807) is 0 Å². The second-order valence-electron chi connectivity index (χ2n) is 2.97. The average molecular weight is 282 g/mol. The van der Waals surface area contributed by atoms with Gasteiger partial charge < -0.3 is 5.73 Å². The Kier molecular flexibility index (Phi) is 4.30. The van der Waals surface area contributed by atoms with Crippen molar-refractivity contribution in [1.29, 1.82) is 0 Å². The van der Waals surface area contributed by atoms with E-state index in [0.29, 0.717) is 0 Å². The molecule has 0 aliphatic carbocycles. The van der Waals surface area contributed by atoms with Gasteiger partial charge in [0.1, 0.15) is 0 Å². The molecule has 0 aliphatic heterocycles. The van der Waals surface area contributed by atoms with Gasteiger partial charge in [-0.05, 0) is 30.4 Å². The highest BCUT2D eigenvalue weighted by molar-refractivity contribution is 7.80. The first-order valence-corrected chi connectivity index (χ1v) is 5.04. The van der Waals surface area contributed by atoms with Crippen molar-refractivity contribution >= 4 is 35.1 Å². The third-order valence-electron chi connectivity index (χ3n) is 1.70. The van der Waals surface area contributed by atoms with Crippen LogP contribution < -0.4 is 11.2 Å². The van der Waals surface area contributed by atoms with Crippen LogP contribution in [0.3, 0.4) is 0 Å². The molecule has 0 radical (unpaired) electrons. The van der Waals surface area contributed by atoms with Gasteiger partial charge in [0, 0.05) is 10.6 Å². The maximum absolute atomic E-state index is 12.4. The number of nitrogens with zero attached hydrogens (tertiary/aromatic N) is 1. The van der Waals surface area contributed by atoms with Crippen molar-refractivity contribution in [2.24, 2.45) is 10.8 Å². The fourth-order valence-corrected chi connectivity index (χ4v) is 1.20. The summed E-state index contributed by atoms with van der Waals surface area (Å²) in [5.74, 6) is 0. The van der Waals surface area contributed by atoms with Crippen LogP contribution >= 0.6 is 23.8 Å². The summed E-state index contributed by atoms with van der Waals surface area (Å²) in [6.07, 6.45) is -3.32. The molecule has 0 fully saturated rings. The number of benzene rings is 1. The normalized spacial score (nSPS) is 11.8. The summed E-state index contributed by atoms with van der Waals surface area (Å²) in [5.41, 5.74) is 6.61. The van der Waals surface area contributed by atoms with Crippen molar-refractivity contribution in [3.8, 4) is 0 Å². The first-order chi connectivity index (χ1) is 7.80. The van der Waals surface area contributed by atoms with E-state index in [1.165, 1.54) is 0 Å². The van der Waals surface area contributed by atoms with Crippen LogP contribution in [0, 0.1) is 0 Å². The van der Waals surface area contributed by atoms with Gasteiger partial charge in [-0.25, -0.2) is 0 Å². The molecule has 8 heteroatoms. The van der Waals surface area contributed by atoms with Crippen molar-refractivity contribution < 1.29 is 13.2 Å². The summed E-state index contributed by atoms with van der Waals surface area (Å²) < 4.78 is 37.2. The number of nitrogens with two attached hydrogens (primary N) is 1. The Balaban J connectivity index is 2.99. The monoisotopic (exact) mass is 281 g/mol. The highest BCUT2D eigenvalue weighted by Gasteiger charge is 2.30. The number of rotatable bonds is 2. The molecule has 3 nitrogen and oxygen atoms in total. The van der Waals surface area contributed by atoms with E-state index in [0.717, 1.165) is 24.4 Å². The number of thiocarbonyl (C=S) groups is 1. The lowest BCUT2D eigenvalue weighted by Gasteiger charge is -2.07. The molecule has 17 heavy (non-hydrogen) atoms. The Morgan fingerprint density at radius 2 is 2.12 bits per heavy atom. The molecule has 1 aromatic carbocycles. The summed E-state index contributed by atoms with van der Waals surface area (Å²) in [6, 6.07) is 2.92. The first-order valence-electron chi connectivity index (χ1n) is 4.26. The van der Waals surface area contributed by atoms with Crippen LogP contribution in [0.15, 0.2) is 23.3 Å². The highest BCUT2D eigenvalue weighted by Crippen LogP contribution is 2.31. The summed E-state index contributed by atoms with van der Waals surface area (Å²) in [5, 5.41) is 3.58. The van der Waals surface area contributed by atoms with E-state index in [-0.39, 0.29) is 15.7 Å². The molecule has 1 aromatic rings. The summed E-state index contributed by atoms with van der Waals surface area (Å²) >= 11 is 10.2. The molecular formula is C9H7ClF3N3S. The van der Waals surface area contributed by atoms with Crippen LogP contribution in [-0.4, -0.2) is 11.3 Å². The van der Waals surface area contributed by atoms with Crippen LogP contribution in [0.25, 0.3) is 0 Å². The second kappa shape index (κ2) is 5.33. The molecule has 0 aromatic heterocycles. The number of hydrazone groups is 1. The number of hydrogen-bond donors (Lipinski definition) is 2. The Morgan fingerprint density at radius 1 is 1.47 bits per heavy atom. The molecule has 0 spiro atoms. The minimum Gasteiger partial charge on any atom is -0.375 e. The molecule has 0 bridgehead atoms. The van der Waals surface area contributed by atoms with Gasteiger partial charge >= 0.3 is 6.18 Å². The number of hydrogen-bond acceptors (Lipinski definition) is 2. The summed E-state index contributed by atoms with van der Waals surface area (Å²) in [7, 11) is 0. The van der Waals surface area contributed by atoms with Gasteiger partial charge in [-0.15, -0.1) is 0 Å². The van der Waals surface area contributed by atoms with Gasteiger partial charge in [0.05, 0.1) is 11.8 Å². The van der Waals surface area contributed by atoms with Crippen LogP contribution in [0.4, 0.5) is 13.2 Å². The number of alkyl halides is 3. The molecule has 1 rings (SSSR count). The number of nitrogens with one attached hydrogen (secondary N) is 1. The maximum Gasteiger partial charge on any atom is 0.416 e. The second-order valence-corrected chi connectivity index (χ2v) is 3.82. The van der Waals surface area contributed by atoms with Crippen molar-refractivity contribution in [3.05, 3.63) is 34.3 Å². The highest BCUT2D eigenvalue weighted by atomic mass is 35.5. The molecule has 0 atom stereocenters. The molecule has 0 saturated heterocycles. The molecular weight excluding hydrogens is 275 g/mol. The maximum atomic E-state index is 12.4. The van der Waals surface area contributed by atoms with Gasteiger partial charge in [-0.1, -0.05) is 11.6 Å². The fraction of sp³-hybridized carbons (Fsp3) is 0.111. The average Bonchev–Trinajstić information content (AvgIpc) is 2.18. The Hall–Kier alpha value is -1.34. The van der Waals surface area contributed by atoms with Gasteiger partial charge in [-0.2, -0.15) is 18.3 Å². The standard InChI is InChI=1S/C9H7ClF3N3S/c10-7-2-1-6(9(11,12)13)3-5(7)4-15-16-8(14)17/h1-4H,(H3,14,16,17). The van der Waals surface area contributed by atoms with E-state index in [9.17, 15) is 13.2 Å². The minimum atomic E-state index is -4.43. The van der Waals surface area contributed by atoms with E-state index in [4.69, 9.17) is 17.3 Å². The zero-order valence-corrected chi connectivity index (χ0v) is 9.83. The molecule has 0 amide bonds. The van der Waals surface area contributed by atoms with Crippen molar-refractivity contribution in [2.45, 2.75) is 6.18 Å². The summed E-state index contributed by atoms with van der Waals surface area (Å²) in [6.45, 7) is 0. The lowest BCUT2D eigenvalue weighted by atomic mass is 10.1. The lowest BCUT2D eigenvalue weighted by molar-refractivity contribution is -0.137. The van der Waals surface area contributed by atoms with E-state index < -0.39 is 11.7 Å². The van der Waals surface area contributed by atoms with Crippen LogP contribution in [0.2, 0.25) is 5.02 Å². The molecule has 0 unspecified atom stereocenters. The van der Waals surface area contributed by atoms with E-state index in [2.05, 4.69) is 22.7 Å². The van der Waals surface area contributed by atoms with Crippen LogP contribution in [0.5, 0.6) is 0 Å². The van der Waals surface area contributed by atoms with Crippen molar-refractivity contribution in [2.75, 3.05) is 0 Å². The third-order valence-corrected chi connectivity index (χ3v) is 2.14. The van der Waals surface area contributed by atoms with Gasteiger partial charge in [0.15, 0.2) is 5.11 Å². The summed E-state index contributed by atoms with van der Waals surface area (Å²) in [4.78, 5) is 0. The molecule has 0 heterocycles. The topological polar surface area (TPSA) is 50.4 Å². The zero-order chi connectivity index (χ0) is 13.1. The van der Waals surface area contributed by atoms with Crippen LogP contribution in [-0.2, 0) is 6.18 Å². The van der Waals surface area contributed by atoms with Gasteiger partial charge in [-0.3, -0.25) is 5.43 Å². The predicted molar refractivity (Wildman–Crippen MR) is 64.0 cm³/mol. The first kappa shape index (κ1) is 13.7. The number of halogens is 4. The Morgan fingerprint density at radius 3 is 2.65 bits per heavy atom. The van der Waals surface area contributed by atoms with E-state index in [1.807, 2.05) is 0 Å². The third kappa shape index (κ3) is 4.20. The predicted octanol–water partition coefficient (Wildman–Crippen LogP) is 2.53. The van der Waals surface area contributed by atoms with Crippen molar-refractivity contribution in [3.63, 3.8) is 0 Å². The fourth-order valence-electron chi connectivity index (χ4n) is 0.984.